The molecule has 0 radical (unpaired) electrons. The molecule has 4 unspecified atom stereocenters. The van der Waals surface area contributed by atoms with Crippen molar-refractivity contribution in [2.45, 2.75) is 68.0 Å². The molecule has 0 bridgehead atoms. The van der Waals surface area contributed by atoms with Gasteiger partial charge in [-0.25, -0.2) is 8.42 Å². The van der Waals surface area contributed by atoms with Gasteiger partial charge in [0.15, 0.2) is 9.84 Å². The Morgan fingerprint density at radius 2 is 1.78 bits per heavy atom. The van der Waals surface area contributed by atoms with Gasteiger partial charge in [-0.3, -0.25) is 0 Å². The zero-order chi connectivity index (χ0) is 13.2. The fraction of sp³-hybridized carbons (Fsp3) is 1.00. The first kappa shape index (κ1) is 14.7. The van der Waals surface area contributed by atoms with Crippen LogP contribution in [0.3, 0.4) is 0 Å². The normalized spacial score (nSPS) is 37.2. The van der Waals surface area contributed by atoms with E-state index in [0.717, 1.165) is 25.0 Å². The lowest BCUT2D eigenvalue weighted by Crippen LogP contribution is -2.47. The van der Waals surface area contributed by atoms with Crippen molar-refractivity contribution in [1.82, 2.24) is 5.32 Å². The minimum atomic E-state index is -2.89. The van der Waals surface area contributed by atoms with E-state index in [4.69, 9.17) is 0 Å². The van der Waals surface area contributed by atoms with Crippen LogP contribution in [-0.4, -0.2) is 43.0 Å². The zero-order valence-electron chi connectivity index (χ0n) is 11.4. The van der Waals surface area contributed by atoms with Crippen molar-refractivity contribution in [2.75, 3.05) is 12.0 Å². The van der Waals surface area contributed by atoms with Crippen molar-refractivity contribution in [3.8, 4) is 0 Å². The Bertz CT molecular complexity index is 369. The molecule has 2 aliphatic carbocycles. The SMILES string of the molecule is CCSC1CCCC1NC1CCCC1S(C)(=O)=O. The van der Waals surface area contributed by atoms with Gasteiger partial charge in [-0.15, -0.1) is 0 Å². The number of hydrogen-bond donors (Lipinski definition) is 1. The van der Waals surface area contributed by atoms with Crippen LogP contribution in [0.25, 0.3) is 0 Å². The summed E-state index contributed by atoms with van der Waals surface area (Å²) in [6, 6.07) is 0.727. The maximum atomic E-state index is 11.8. The number of nitrogens with one attached hydrogen (secondary N) is 1. The lowest BCUT2D eigenvalue weighted by Gasteiger charge is -2.27. The highest BCUT2D eigenvalue weighted by molar-refractivity contribution is 7.99. The zero-order valence-corrected chi connectivity index (χ0v) is 13.0. The topological polar surface area (TPSA) is 46.2 Å². The Kier molecular flexibility index (Phi) is 5.00. The summed E-state index contributed by atoms with van der Waals surface area (Å²) < 4.78 is 23.6. The van der Waals surface area contributed by atoms with Gasteiger partial charge in [0.2, 0.25) is 0 Å². The third kappa shape index (κ3) is 3.42. The molecular weight excluding hydrogens is 266 g/mol. The van der Waals surface area contributed by atoms with Crippen molar-refractivity contribution in [1.29, 1.82) is 0 Å². The Morgan fingerprint density at radius 3 is 2.44 bits per heavy atom. The average Bonchev–Trinajstić information content (AvgIpc) is 2.88. The van der Waals surface area contributed by atoms with Gasteiger partial charge in [-0.2, -0.15) is 11.8 Å². The largest absolute Gasteiger partial charge is 0.309 e. The van der Waals surface area contributed by atoms with Crippen LogP contribution >= 0.6 is 11.8 Å². The molecule has 4 atom stereocenters. The lowest BCUT2D eigenvalue weighted by molar-refractivity contribution is 0.436. The van der Waals surface area contributed by atoms with Gasteiger partial charge in [0.25, 0.3) is 0 Å². The number of sulfone groups is 1. The smallest absolute Gasteiger partial charge is 0.151 e. The molecule has 2 rings (SSSR count). The summed E-state index contributed by atoms with van der Waals surface area (Å²) >= 11 is 2.03. The Morgan fingerprint density at radius 1 is 1.11 bits per heavy atom. The highest BCUT2D eigenvalue weighted by Gasteiger charge is 2.38. The molecule has 0 aliphatic heterocycles. The van der Waals surface area contributed by atoms with Crippen LogP contribution in [0.4, 0.5) is 0 Å². The second-order valence-corrected chi connectivity index (χ2v) is 9.38. The molecule has 5 heteroatoms. The number of thioether (sulfide) groups is 1. The fourth-order valence-corrected chi connectivity index (χ4v) is 6.05. The van der Waals surface area contributed by atoms with Gasteiger partial charge >= 0.3 is 0 Å². The second-order valence-electron chi connectivity index (χ2n) is 5.60. The molecule has 0 amide bonds. The molecule has 1 N–H and O–H groups in total. The molecule has 0 spiro atoms. The molecule has 0 aromatic carbocycles. The second kappa shape index (κ2) is 6.14. The van der Waals surface area contributed by atoms with E-state index in [9.17, 15) is 8.42 Å². The summed E-state index contributed by atoms with van der Waals surface area (Å²) in [6.45, 7) is 2.20. The molecule has 2 aliphatic rings. The van der Waals surface area contributed by atoms with E-state index in [1.54, 1.807) is 0 Å². The van der Waals surface area contributed by atoms with Crippen molar-refractivity contribution in [3.63, 3.8) is 0 Å². The number of hydrogen-bond acceptors (Lipinski definition) is 4. The van der Waals surface area contributed by atoms with E-state index in [0.29, 0.717) is 11.3 Å². The molecule has 2 fully saturated rings. The molecule has 2 saturated carbocycles. The predicted molar refractivity (Wildman–Crippen MR) is 79.0 cm³/mol. The van der Waals surface area contributed by atoms with Crippen LogP contribution in [0.5, 0.6) is 0 Å². The quantitative estimate of drug-likeness (QED) is 0.843. The summed E-state index contributed by atoms with van der Waals surface area (Å²) in [6.07, 6.45) is 8.09. The highest BCUT2D eigenvalue weighted by atomic mass is 32.2. The monoisotopic (exact) mass is 291 g/mol. The average molecular weight is 291 g/mol. The van der Waals surface area contributed by atoms with Crippen molar-refractivity contribution in [3.05, 3.63) is 0 Å². The maximum absolute atomic E-state index is 11.8. The highest BCUT2D eigenvalue weighted by Crippen LogP contribution is 2.33. The van der Waals surface area contributed by atoms with E-state index in [2.05, 4.69) is 12.2 Å². The summed E-state index contributed by atoms with van der Waals surface area (Å²) in [4.78, 5) is 0. The molecule has 3 nitrogen and oxygen atoms in total. The summed E-state index contributed by atoms with van der Waals surface area (Å²) in [7, 11) is -2.89. The van der Waals surface area contributed by atoms with Gasteiger partial charge < -0.3 is 5.32 Å². The minimum absolute atomic E-state index is 0.148. The molecule has 0 heterocycles. The first-order valence-corrected chi connectivity index (χ1v) is 10.1. The maximum Gasteiger partial charge on any atom is 0.151 e. The summed E-state index contributed by atoms with van der Waals surface area (Å²) in [5, 5.41) is 4.21. The minimum Gasteiger partial charge on any atom is -0.309 e. The van der Waals surface area contributed by atoms with Gasteiger partial charge in [0.1, 0.15) is 0 Å². The first-order chi connectivity index (χ1) is 8.52. The number of rotatable bonds is 5. The van der Waals surface area contributed by atoms with Crippen molar-refractivity contribution < 1.29 is 8.42 Å². The van der Waals surface area contributed by atoms with Gasteiger partial charge in [-0.1, -0.05) is 19.8 Å². The Hall–Kier alpha value is 0.260. The molecule has 0 saturated heterocycles. The fourth-order valence-electron chi connectivity index (χ4n) is 3.43. The first-order valence-electron chi connectivity index (χ1n) is 7.09. The molecule has 0 aromatic rings. The molecule has 0 aromatic heterocycles. The summed E-state index contributed by atoms with van der Waals surface area (Å²) in [5.74, 6) is 1.16. The third-order valence-corrected chi connectivity index (χ3v) is 7.25. The van der Waals surface area contributed by atoms with Crippen LogP contribution in [0.2, 0.25) is 0 Å². The van der Waals surface area contributed by atoms with Gasteiger partial charge in [0.05, 0.1) is 5.25 Å². The molecule has 106 valence electrons. The van der Waals surface area contributed by atoms with Crippen LogP contribution in [0, 0.1) is 0 Å². The van der Waals surface area contributed by atoms with Crippen LogP contribution in [0.1, 0.15) is 45.4 Å². The summed E-state index contributed by atoms with van der Waals surface area (Å²) in [5.41, 5.74) is 0. The lowest BCUT2D eigenvalue weighted by atomic mass is 10.1. The predicted octanol–water partition coefficient (Wildman–Crippen LogP) is 2.22. The Balaban J connectivity index is 1.96. The van der Waals surface area contributed by atoms with Crippen molar-refractivity contribution in [2.24, 2.45) is 0 Å². The Labute approximate surface area is 115 Å². The van der Waals surface area contributed by atoms with Gasteiger partial charge in [0, 0.05) is 23.6 Å². The van der Waals surface area contributed by atoms with E-state index < -0.39 is 9.84 Å². The van der Waals surface area contributed by atoms with Crippen LogP contribution < -0.4 is 5.32 Å². The van der Waals surface area contributed by atoms with Crippen LogP contribution in [-0.2, 0) is 9.84 Å². The van der Waals surface area contributed by atoms with Crippen LogP contribution in [0.15, 0.2) is 0 Å². The van der Waals surface area contributed by atoms with Gasteiger partial charge in [-0.05, 0) is 31.4 Å². The van der Waals surface area contributed by atoms with E-state index >= 15 is 0 Å². The third-order valence-electron chi connectivity index (χ3n) is 4.26. The standard InChI is InChI=1S/C13H25NO2S2/c1-3-17-12-8-4-6-10(12)14-11-7-5-9-13(11)18(2,15)16/h10-14H,3-9H2,1-2H3. The van der Waals surface area contributed by atoms with E-state index in [1.165, 1.54) is 25.5 Å². The van der Waals surface area contributed by atoms with E-state index in [-0.39, 0.29) is 11.3 Å². The molecular formula is C13H25NO2S2. The molecule has 18 heavy (non-hydrogen) atoms. The van der Waals surface area contributed by atoms with Crippen molar-refractivity contribution >= 4 is 21.6 Å². The van der Waals surface area contributed by atoms with E-state index in [1.807, 2.05) is 11.8 Å².